The highest BCUT2D eigenvalue weighted by atomic mass is 19.4. The van der Waals surface area contributed by atoms with Crippen LogP contribution in [0.3, 0.4) is 0 Å². The van der Waals surface area contributed by atoms with Gasteiger partial charge in [0.05, 0.1) is 0 Å². The first kappa shape index (κ1) is 16.9. The molecule has 0 radical (unpaired) electrons. The molecule has 106 valence electrons. The van der Waals surface area contributed by atoms with Gasteiger partial charge in [0.1, 0.15) is 6.04 Å². The van der Waals surface area contributed by atoms with Crippen LogP contribution in [0.1, 0.15) is 26.7 Å². The second-order valence-electron chi connectivity index (χ2n) is 4.30. The highest BCUT2D eigenvalue weighted by Gasteiger charge is 2.50. The Labute approximate surface area is 103 Å². The Morgan fingerprint density at radius 2 is 1.78 bits per heavy atom. The number of carbonyl (C=O) groups is 2. The van der Waals surface area contributed by atoms with Gasteiger partial charge in [-0.15, -0.1) is 0 Å². The molecule has 5 nitrogen and oxygen atoms in total. The molecule has 1 unspecified atom stereocenters. The van der Waals surface area contributed by atoms with Crippen LogP contribution in [0, 0.1) is 0 Å². The molecule has 0 rings (SSSR count). The summed E-state index contributed by atoms with van der Waals surface area (Å²) in [6.07, 6.45) is -4.44. The number of Topliss-reactive ketones (excluding diaryl/α,β-unsaturated/α-hetero) is 1. The van der Waals surface area contributed by atoms with Crippen LogP contribution in [0.25, 0.3) is 0 Å². The maximum Gasteiger partial charge on any atom is 0.454 e. The number of ether oxygens (including phenoxy) is 1. The predicted octanol–water partition coefficient (Wildman–Crippen LogP) is 0.506. The van der Waals surface area contributed by atoms with E-state index in [1.807, 2.05) is 0 Å². The molecule has 18 heavy (non-hydrogen) atoms. The monoisotopic (exact) mass is 270 g/mol. The zero-order valence-corrected chi connectivity index (χ0v) is 10.2. The first-order valence-corrected chi connectivity index (χ1v) is 5.32. The Kier molecular flexibility index (Phi) is 5.75. The standard InChI is InChI=1S/C10H17F3N2O3/c1-9(2,8(17)10(11,12)13)18-7(16)6(15)4-3-5-14/h6H,3-5,14-15H2,1-2H3. The molecule has 0 aromatic rings. The highest BCUT2D eigenvalue weighted by Crippen LogP contribution is 2.26. The summed E-state index contributed by atoms with van der Waals surface area (Å²) in [5, 5.41) is 0. The van der Waals surface area contributed by atoms with E-state index in [0.29, 0.717) is 13.0 Å². The lowest BCUT2D eigenvalue weighted by molar-refractivity contribution is -0.195. The van der Waals surface area contributed by atoms with Gasteiger partial charge in [-0.2, -0.15) is 13.2 Å². The lowest BCUT2D eigenvalue weighted by Crippen LogP contribution is -2.48. The quantitative estimate of drug-likeness (QED) is 0.685. The Balaban J connectivity index is 4.58. The van der Waals surface area contributed by atoms with Crippen molar-refractivity contribution in [2.45, 2.75) is 44.5 Å². The zero-order valence-electron chi connectivity index (χ0n) is 10.2. The average molecular weight is 270 g/mol. The molecule has 0 fully saturated rings. The Morgan fingerprint density at radius 1 is 1.28 bits per heavy atom. The molecule has 1 atom stereocenters. The number of hydrogen-bond acceptors (Lipinski definition) is 5. The summed E-state index contributed by atoms with van der Waals surface area (Å²) in [4.78, 5) is 22.4. The predicted molar refractivity (Wildman–Crippen MR) is 57.5 cm³/mol. The van der Waals surface area contributed by atoms with Crippen molar-refractivity contribution in [1.82, 2.24) is 0 Å². The van der Waals surface area contributed by atoms with Crippen molar-refractivity contribution in [2.75, 3.05) is 6.54 Å². The van der Waals surface area contributed by atoms with E-state index in [-0.39, 0.29) is 6.42 Å². The summed E-state index contributed by atoms with van der Waals surface area (Å²) in [5.41, 5.74) is 8.31. The van der Waals surface area contributed by atoms with Gasteiger partial charge < -0.3 is 16.2 Å². The smallest absolute Gasteiger partial charge is 0.450 e. The molecular weight excluding hydrogens is 253 g/mol. The molecule has 0 aromatic heterocycles. The first-order chi connectivity index (χ1) is 8.02. The van der Waals surface area contributed by atoms with Crippen LogP contribution in [0.15, 0.2) is 0 Å². The second kappa shape index (κ2) is 6.14. The summed E-state index contributed by atoms with van der Waals surface area (Å²) in [6.45, 7) is 2.04. The van der Waals surface area contributed by atoms with Gasteiger partial charge in [0.2, 0.25) is 0 Å². The van der Waals surface area contributed by atoms with Crippen LogP contribution >= 0.6 is 0 Å². The normalized spacial score (nSPS) is 14.2. The van der Waals surface area contributed by atoms with E-state index in [0.717, 1.165) is 13.8 Å². The number of esters is 1. The SMILES string of the molecule is CC(C)(OC(=O)C(N)CCCN)C(=O)C(F)(F)F. The Bertz CT molecular complexity index is 316. The number of carbonyl (C=O) groups excluding carboxylic acids is 2. The fourth-order valence-corrected chi connectivity index (χ4v) is 1.17. The van der Waals surface area contributed by atoms with Gasteiger partial charge in [-0.05, 0) is 33.2 Å². The third-order valence-corrected chi connectivity index (χ3v) is 2.18. The number of alkyl halides is 3. The molecule has 0 heterocycles. The molecule has 8 heteroatoms. The number of hydrogen-bond donors (Lipinski definition) is 2. The molecule has 0 aliphatic carbocycles. The molecule has 4 N–H and O–H groups in total. The topological polar surface area (TPSA) is 95.4 Å². The molecule has 0 spiro atoms. The molecule has 0 aliphatic heterocycles. The van der Waals surface area contributed by atoms with Crippen molar-refractivity contribution in [3.8, 4) is 0 Å². The summed E-state index contributed by atoms with van der Waals surface area (Å²) >= 11 is 0. The van der Waals surface area contributed by atoms with Gasteiger partial charge in [0.15, 0.2) is 5.60 Å². The second-order valence-corrected chi connectivity index (χ2v) is 4.30. The third kappa shape index (κ3) is 5.01. The molecule has 0 amide bonds. The van der Waals surface area contributed by atoms with Gasteiger partial charge in [-0.1, -0.05) is 0 Å². The van der Waals surface area contributed by atoms with E-state index in [1.165, 1.54) is 0 Å². The lowest BCUT2D eigenvalue weighted by Gasteiger charge is -2.26. The van der Waals surface area contributed by atoms with E-state index in [1.54, 1.807) is 0 Å². The Hall–Kier alpha value is -1.15. The van der Waals surface area contributed by atoms with Crippen LogP contribution in [0.2, 0.25) is 0 Å². The third-order valence-electron chi connectivity index (χ3n) is 2.18. The molecule has 0 aliphatic rings. The van der Waals surface area contributed by atoms with Crippen molar-refractivity contribution >= 4 is 11.8 Å². The molecule has 0 saturated heterocycles. The van der Waals surface area contributed by atoms with Crippen LogP contribution in [0.5, 0.6) is 0 Å². The average Bonchev–Trinajstić information content (AvgIpc) is 2.22. The van der Waals surface area contributed by atoms with Crippen molar-refractivity contribution in [1.29, 1.82) is 0 Å². The van der Waals surface area contributed by atoms with Crippen LogP contribution in [-0.2, 0) is 14.3 Å². The van der Waals surface area contributed by atoms with Crippen LogP contribution < -0.4 is 11.5 Å². The van der Waals surface area contributed by atoms with Gasteiger partial charge >= 0.3 is 12.1 Å². The van der Waals surface area contributed by atoms with E-state index in [9.17, 15) is 22.8 Å². The maximum atomic E-state index is 12.2. The van der Waals surface area contributed by atoms with E-state index in [2.05, 4.69) is 4.74 Å². The summed E-state index contributed by atoms with van der Waals surface area (Å²) in [5.74, 6) is -3.18. The largest absolute Gasteiger partial charge is 0.454 e. The van der Waals surface area contributed by atoms with Gasteiger partial charge in [0.25, 0.3) is 5.78 Å². The van der Waals surface area contributed by atoms with Crippen molar-refractivity contribution in [2.24, 2.45) is 11.5 Å². The zero-order chi connectivity index (χ0) is 14.6. The van der Waals surface area contributed by atoms with Crippen LogP contribution in [0.4, 0.5) is 13.2 Å². The van der Waals surface area contributed by atoms with Gasteiger partial charge in [-0.25, -0.2) is 0 Å². The summed E-state index contributed by atoms with van der Waals surface area (Å²) in [7, 11) is 0. The fourth-order valence-electron chi connectivity index (χ4n) is 1.17. The number of ketones is 1. The van der Waals surface area contributed by atoms with Crippen molar-refractivity contribution in [3.63, 3.8) is 0 Å². The minimum absolute atomic E-state index is 0.186. The minimum atomic E-state index is -5.06. The number of halogens is 3. The molecule has 0 aromatic carbocycles. The van der Waals surface area contributed by atoms with Crippen molar-refractivity contribution in [3.05, 3.63) is 0 Å². The van der Waals surface area contributed by atoms with Gasteiger partial charge in [0, 0.05) is 0 Å². The van der Waals surface area contributed by atoms with Crippen LogP contribution in [-0.4, -0.2) is 36.1 Å². The van der Waals surface area contributed by atoms with E-state index < -0.39 is 29.6 Å². The fraction of sp³-hybridized carbons (Fsp3) is 0.800. The maximum absolute atomic E-state index is 12.2. The molecular formula is C10H17F3N2O3. The number of nitrogens with two attached hydrogens (primary N) is 2. The highest BCUT2D eigenvalue weighted by molar-refractivity contribution is 5.93. The minimum Gasteiger partial charge on any atom is -0.450 e. The summed E-state index contributed by atoms with van der Waals surface area (Å²) in [6, 6.07) is -1.09. The molecule has 0 bridgehead atoms. The van der Waals surface area contributed by atoms with E-state index >= 15 is 0 Å². The van der Waals surface area contributed by atoms with Crippen molar-refractivity contribution < 1.29 is 27.5 Å². The first-order valence-electron chi connectivity index (χ1n) is 5.32. The lowest BCUT2D eigenvalue weighted by atomic mass is 10.0. The van der Waals surface area contributed by atoms with E-state index in [4.69, 9.17) is 11.5 Å². The number of rotatable bonds is 6. The Morgan fingerprint density at radius 3 is 2.17 bits per heavy atom. The van der Waals surface area contributed by atoms with Gasteiger partial charge in [-0.3, -0.25) is 9.59 Å². The summed E-state index contributed by atoms with van der Waals surface area (Å²) < 4.78 is 41.1. The molecule has 0 saturated carbocycles.